The van der Waals surface area contributed by atoms with Gasteiger partial charge in [-0.3, -0.25) is 9.52 Å². The monoisotopic (exact) mass is 362 g/mol. The van der Waals surface area contributed by atoms with E-state index in [0.29, 0.717) is 23.5 Å². The first-order valence-electron chi connectivity index (χ1n) is 8.02. The number of unbranched alkanes of at least 4 members (excludes halogenated alkanes) is 1. The van der Waals surface area contributed by atoms with Gasteiger partial charge in [0.25, 0.3) is 15.9 Å². The number of sulfonamides is 1. The number of benzene rings is 2. The summed E-state index contributed by atoms with van der Waals surface area (Å²) in [5.74, 6) is 0.127. The predicted octanol–water partition coefficient (Wildman–Crippen LogP) is 3.03. The number of carbonyl (C=O) groups excluding carboxylic acids is 1. The topological polar surface area (TPSA) is 84.5 Å². The van der Waals surface area contributed by atoms with Crippen LogP contribution in [0.3, 0.4) is 0 Å². The molecule has 0 atom stereocenters. The minimum Gasteiger partial charge on any atom is -0.495 e. The van der Waals surface area contributed by atoms with Crippen molar-refractivity contribution in [3.8, 4) is 5.75 Å². The number of hydrogen-bond acceptors (Lipinski definition) is 4. The Labute approximate surface area is 148 Å². The van der Waals surface area contributed by atoms with Crippen LogP contribution in [0.25, 0.3) is 0 Å². The Kier molecular flexibility index (Phi) is 6.41. The van der Waals surface area contributed by atoms with Crippen LogP contribution < -0.4 is 14.8 Å². The van der Waals surface area contributed by atoms with Gasteiger partial charge < -0.3 is 10.1 Å². The molecule has 1 amide bonds. The van der Waals surface area contributed by atoms with E-state index in [9.17, 15) is 13.2 Å². The fourth-order valence-electron chi connectivity index (χ4n) is 2.22. The van der Waals surface area contributed by atoms with E-state index in [4.69, 9.17) is 4.74 Å². The van der Waals surface area contributed by atoms with E-state index in [2.05, 4.69) is 10.0 Å². The zero-order chi connectivity index (χ0) is 18.3. The molecule has 0 saturated carbocycles. The highest BCUT2D eigenvalue weighted by molar-refractivity contribution is 7.92. The number of anilines is 1. The van der Waals surface area contributed by atoms with Gasteiger partial charge in [0.15, 0.2) is 0 Å². The molecule has 0 aromatic heterocycles. The average molecular weight is 362 g/mol. The summed E-state index contributed by atoms with van der Waals surface area (Å²) < 4.78 is 32.9. The second-order valence-corrected chi connectivity index (χ2v) is 7.13. The molecule has 2 aromatic rings. The zero-order valence-electron chi connectivity index (χ0n) is 14.3. The van der Waals surface area contributed by atoms with Crippen LogP contribution in [-0.4, -0.2) is 28.0 Å². The van der Waals surface area contributed by atoms with Gasteiger partial charge in [-0.25, -0.2) is 8.42 Å². The van der Waals surface area contributed by atoms with Gasteiger partial charge >= 0.3 is 0 Å². The lowest BCUT2D eigenvalue weighted by molar-refractivity contribution is 0.0953. The third kappa shape index (κ3) is 4.96. The molecule has 25 heavy (non-hydrogen) atoms. The van der Waals surface area contributed by atoms with Gasteiger partial charge in [-0.05, 0) is 36.8 Å². The first-order valence-corrected chi connectivity index (χ1v) is 9.50. The van der Waals surface area contributed by atoms with Crippen molar-refractivity contribution < 1.29 is 17.9 Å². The molecule has 0 aliphatic heterocycles. The molecule has 0 fully saturated rings. The highest BCUT2D eigenvalue weighted by Crippen LogP contribution is 2.26. The molecule has 7 heteroatoms. The minimum absolute atomic E-state index is 0.0153. The molecule has 2 rings (SSSR count). The van der Waals surface area contributed by atoms with Gasteiger partial charge in [-0.1, -0.05) is 31.5 Å². The quantitative estimate of drug-likeness (QED) is 0.707. The Morgan fingerprint density at radius 1 is 1.12 bits per heavy atom. The highest BCUT2D eigenvalue weighted by Gasteiger charge is 2.18. The smallest absolute Gasteiger partial charge is 0.262 e. The van der Waals surface area contributed by atoms with Gasteiger partial charge in [0.05, 0.1) is 17.7 Å². The number of methoxy groups -OCH3 is 1. The van der Waals surface area contributed by atoms with Crippen molar-refractivity contribution in [2.75, 3.05) is 18.4 Å². The van der Waals surface area contributed by atoms with E-state index in [1.165, 1.54) is 19.2 Å². The van der Waals surface area contributed by atoms with Gasteiger partial charge in [0, 0.05) is 12.1 Å². The maximum absolute atomic E-state index is 12.6. The largest absolute Gasteiger partial charge is 0.495 e. The summed E-state index contributed by atoms with van der Waals surface area (Å²) in [7, 11) is -2.37. The number of carbonyl (C=O) groups is 1. The number of amides is 1. The van der Waals surface area contributed by atoms with E-state index in [1.807, 2.05) is 6.92 Å². The van der Waals surface area contributed by atoms with Gasteiger partial charge in [-0.2, -0.15) is 0 Å². The zero-order valence-corrected chi connectivity index (χ0v) is 15.1. The predicted molar refractivity (Wildman–Crippen MR) is 97.5 cm³/mol. The lowest BCUT2D eigenvalue weighted by Crippen LogP contribution is -2.24. The van der Waals surface area contributed by atoms with Crippen LogP contribution in [0.4, 0.5) is 5.69 Å². The van der Waals surface area contributed by atoms with Crippen molar-refractivity contribution in [2.45, 2.75) is 24.7 Å². The van der Waals surface area contributed by atoms with E-state index in [-0.39, 0.29) is 10.8 Å². The van der Waals surface area contributed by atoms with Gasteiger partial charge in [-0.15, -0.1) is 0 Å². The Bertz CT molecular complexity index is 834. The van der Waals surface area contributed by atoms with Crippen LogP contribution >= 0.6 is 0 Å². The normalized spacial score (nSPS) is 11.0. The lowest BCUT2D eigenvalue weighted by Gasteiger charge is -2.12. The Morgan fingerprint density at radius 2 is 1.88 bits per heavy atom. The summed E-state index contributed by atoms with van der Waals surface area (Å²) in [6.45, 7) is 2.59. The fraction of sp³-hybridized carbons (Fsp3) is 0.278. The summed E-state index contributed by atoms with van der Waals surface area (Å²) in [5, 5.41) is 2.77. The van der Waals surface area contributed by atoms with Crippen molar-refractivity contribution in [1.29, 1.82) is 0 Å². The number of nitrogens with one attached hydrogen (secondary N) is 2. The second-order valence-electron chi connectivity index (χ2n) is 5.44. The van der Waals surface area contributed by atoms with Crippen molar-refractivity contribution in [3.63, 3.8) is 0 Å². The summed E-state index contributed by atoms with van der Waals surface area (Å²) in [6, 6.07) is 12.7. The molecule has 0 unspecified atom stereocenters. The van der Waals surface area contributed by atoms with Crippen LogP contribution in [0.15, 0.2) is 53.4 Å². The molecule has 2 N–H and O–H groups in total. The molecule has 0 spiro atoms. The minimum atomic E-state index is -3.84. The van der Waals surface area contributed by atoms with E-state index in [1.54, 1.807) is 36.4 Å². The summed E-state index contributed by atoms with van der Waals surface area (Å²) in [4.78, 5) is 12.1. The van der Waals surface area contributed by atoms with Crippen molar-refractivity contribution in [3.05, 3.63) is 54.1 Å². The van der Waals surface area contributed by atoms with Crippen LogP contribution in [-0.2, 0) is 10.0 Å². The molecule has 0 heterocycles. The molecular formula is C18H22N2O4S. The first-order chi connectivity index (χ1) is 12.0. The third-order valence-electron chi connectivity index (χ3n) is 3.57. The van der Waals surface area contributed by atoms with E-state index < -0.39 is 10.0 Å². The standard InChI is InChI=1S/C18H22N2O4S/c1-3-4-12-19-18(21)14-8-7-9-15(13-14)25(22,23)20-16-10-5-6-11-17(16)24-2/h5-11,13,20H,3-4,12H2,1-2H3,(H,19,21). The van der Waals surface area contributed by atoms with Crippen LogP contribution in [0.2, 0.25) is 0 Å². The van der Waals surface area contributed by atoms with Gasteiger partial charge in [0.2, 0.25) is 0 Å². The summed E-state index contributed by atoms with van der Waals surface area (Å²) in [6.07, 6.45) is 1.84. The molecule has 0 saturated heterocycles. The second kappa shape index (κ2) is 8.53. The Balaban J connectivity index is 2.22. The molecule has 2 aromatic carbocycles. The van der Waals surface area contributed by atoms with Crippen LogP contribution in [0.5, 0.6) is 5.75 Å². The molecule has 134 valence electrons. The Morgan fingerprint density at radius 3 is 2.60 bits per heavy atom. The van der Waals surface area contributed by atoms with Crippen LogP contribution in [0.1, 0.15) is 30.1 Å². The molecule has 6 nitrogen and oxygen atoms in total. The molecule has 0 aliphatic rings. The van der Waals surface area contributed by atoms with Crippen molar-refractivity contribution in [2.24, 2.45) is 0 Å². The molecule has 0 aliphatic carbocycles. The van der Waals surface area contributed by atoms with Gasteiger partial charge in [0.1, 0.15) is 5.75 Å². The summed E-state index contributed by atoms with van der Waals surface area (Å²) >= 11 is 0. The SMILES string of the molecule is CCCCNC(=O)c1cccc(S(=O)(=O)Nc2ccccc2OC)c1. The Hall–Kier alpha value is -2.54. The van der Waals surface area contributed by atoms with E-state index >= 15 is 0 Å². The maximum Gasteiger partial charge on any atom is 0.262 e. The molecular weight excluding hydrogens is 340 g/mol. The van der Waals surface area contributed by atoms with Crippen molar-refractivity contribution >= 4 is 21.6 Å². The van der Waals surface area contributed by atoms with Crippen molar-refractivity contribution in [1.82, 2.24) is 5.32 Å². The maximum atomic E-state index is 12.6. The molecule has 0 radical (unpaired) electrons. The number of hydrogen-bond donors (Lipinski definition) is 2. The lowest BCUT2D eigenvalue weighted by atomic mass is 10.2. The number of ether oxygens (including phenoxy) is 1. The first kappa shape index (κ1) is 18.8. The third-order valence-corrected chi connectivity index (χ3v) is 4.94. The number of rotatable bonds is 8. The fourth-order valence-corrected chi connectivity index (χ4v) is 3.33. The number of para-hydroxylation sites is 2. The van der Waals surface area contributed by atoms with E-state index in [0.717, 1.165) is 12.8 Å². The van der Waals surface area contributed by atoms with Crippen LogP contribution in [0, 0.1) is 0 Å². The summed E-state index contributed by atoms with van der Waals surface area (Å²) in [5.41, 5.74) is 0.641. The highest BCUT2D eigenvalue weighted by atomic mass is 32.2. The average Bonchev–Trinajstić information content (AvgIpc) is 2.62. The molecule has 0 bridgehead atoms.